The number of hydrogen-bond acceptors (Lipinski definition) is 3. The van der Waals surface area contributed by atoms with E-state index in [2.05, 4.69) is 31.4 Å². The predicted molar refractivity (Wildman–Crippen MR) is 88.2 cm³/mol. The van der Waals surface area contributed by atoms with E-state index >= 15 is 0 Å². The minimum absolute atomic E-state index is 0.00569. The molecule has 0 aliphatic heterocycles. The molecule has 0 unspecified atom stereocenters. The van der Waals surface area contributed by atoms with Gasteiger partial charge in [-0.2, -0.15) is 0 Å². The van der Waals surface area contributed by atoms with E-state index in [1.54, 1.807) is 18.2 Å². The van der Waals surface area contributed by atoms with Gasteiger partial charge in [0.25, 0.3) is 0 Å². The molecular formula is C16H25ClN2O2. The largest absolute Gasteiger partial charge is 0.491 e. The lowest BCUT2D eigenvalue weighted by molar-refractivity contribution is -0.116. The van der Waals surface area contributed by atoms with E-state index in [1.807, 2.05) is 6.92 Å². The van der Waals surface area contributed by atoms with E-state index in [1.165, 1.54) is 0 Å². The topological polar surface area (TPSA) is 50.4 Å². The van der Waals surface area contributed by atoms with E-state index < -0.39 is 0 Å². The Morgan fingerprint density at radius 3 is 2.67 bits per heavy atom. The van der Waals surface area contributed by atoms with Crippen LogP contribution in [0.1, 0.15) is 40.5 Å². The number of ether oxygens (including phenoxy) is 1. The lowest BCUT2D eigenvalue weighted by Gasteiger charge is -2.20. The number of anilines is 1. The first kappa shape index (κ1) is 17.8. The van der Waals surface area contributed by atoms with E-state index in [-0.39, 0.29) is 11.4 Å². The van der Waals surface area contributed by atoms with Crippen LogP contribution in [0.4, 0.5) is 5.69 Å². The molecule has 0 spiro atoms. The smallest absolute Gasteiger partial charge is 0.225 e. The van der Waals surface area contributed by atoms with Gasteiger partial charge < -0.3 is 15.4 Å². The summed E-state index contributed by atoms with van der Waals surface area (Å²) in [6, 6.07) is 5.24. The zero-order valence-electron chi connectivity index (χ0n) is 13.3. The van der Waals surface area contributed by atoms with Gasteiger partial charge in [-0.05, 0) is 45.4 Å². The van der Waals surface area contributed by atoms with Crippen molar-refractivity contribution in [1.82, 2.24) is 5.32 Å². The van der Waals surface area contributed by atoms with Crippen molar-refractivity contribution in [1.29, 1.82) is 0 Å². The molecule has 1 amide bonds. The predicted octanol–water partition coefficient (Wildman–Crippen LogP) is 3.85. The van der Waals surface area contributed by atoms with Crippen LogP contribution >= 0.6 is 11.6 Å². The minimum Gasteiger partial charge on any atom is -0.491 e. The Labute approximate surface area is 132 Å². The molecule has 0 aliphatic carbocycles. The molecule has 0 saturated carbocycles. The molecule has 21 heavy (non-hydrogen) atoms. The Kier molecular flexibility index (Phi) is 6.99. The minimum atomic E-state index is -0.0598. The molecule has 5 heteroatoms. The van der Waals surface area contributed by atoms with Gasteiger partial charge in [0.2, 0.25) is 5.91 Å². The zero-order chi connectivity index (χ0) is 15.9. The van der Waals surface area contributed by atoms with E-state index in [4.69, 9.17) is 16.3 Å². The summed E-state index contributed by atoms with van der Waals surface area (Å²) in [7, 11) is 0. The summed E-state index contributed by atoms with van der Waals surface area (Å²) >= 11 is 5.98. The number of nitrogens with one attached hydrogen (secondary N) is 2. The van der Waals surface area contributed by atoms with Crippen molar-refractivity contribution in [2.24, 2.45) is 0 Å². The van der Waals surface area contributed by atoms with Crippen molar-refractivity contribution in [3.8, 4) is 5.75 Å². The molecule has 1 aromatic rings. The Bertz CT molecular complexity index is 470. The fourth-order valence-electron chi connectivity index (χ4n) is 1.70. The molecule has 1 rings (SSSR count). The van der Waals surface area contributed by atoms with Gasteiger partial charge in [-0.25, -0.2) is 0 Å². The molecule has 0 radical (unpaired) electrons. The van der Waals surface area contributed by atoms with Crippen molar-refractivity contribution < 1.29 is 9.53 Å². The van der Waals surface area contributed by atoms with Crippen molar-refractivity contribution in [3.05, 3.63) is 23.2 Å². The van der Waals surface area contributed by atoms with Gasteiger partial charge in [-0.3, -0.25) is 4.79 Å². The number of carbonyl (C=O) groups excluding carboxylic acids is 1. The van der Waals surface area contributed by atoms with Gasteiger partial charge in [0.05, 0.1) is 12.3 Å². The monoisotopic (exact) mass is 312 g/mol. The average Bonchev–Trinajstić information content (AvgIpc) is 2.36. The third-order valence-corrected chi connectivity index (χ3v) is 2.92. The molecule has 0 bridgehead atoms. The second kappa shape index (κ2) is 8.25. The third kappa shape index (κ3) is 7.34. The maximum Gasteiger partial charge on any atom is 0.225 e. The molecule has 0 saturated heterocycles. The summed E-state index contributed by atoms with van der Waals surface area (Å²) in [5, 5.41) is 6.71. The van der Waals surface area contributed by atoms with Crippen LogP contribution < -0.4 is 15.4 Å². The molecule has 0 heterocycles. The Morgan fingerprint density at radius 1 is 1.33 bits per heavy atom. The van der Waals surface area contributed by atoms with Crippen molar-refractivity contribution in [2.75, 3.05) is 18.5 Å². The molecule has 0 fully saturated rings. The van der Waals surface area contributed by atoms with Crippen LogP contribution in [-0.2, 0) is 4.79 Å². The second-order valence-corrected chi connectivity index (χ2v) is 6.40. The molecule has 0 aromatic heterocycles. The van der Waals surface area contributed by atoms with Crippen molar-refractivity contribution in [2.45, 2.75) is 46.1 Å². The molecule has 2 N–H and O–H groups in total. The van der Waals surface area contributed by atoms with Crippen LogP contribution in [0, 0.1) is 0 Å². The normalized spacial score (nSPS) is 11.3. The van der Waals surface area contributed by atoms with Crippen LogP contribution in [0.25, 0.3) is 0 Å². The number of carbonyl (C=O) groups is 1. The van der Waals surface area contributed by atoms with Crippen LogP contribution in [0.2, 0.25) is 5.02 Å². The quantitative estimate of drug-likeness (QED) is 0.804. The van der Waals surface area contributed by atoms with Crippen LogP contribution in [0.5, 0.6) is 5.75 Å². The molecular weight excluding hydrogens is 288 g/mol. The summed E-state index contributed by atoms with van der Waals surface area (Å²) in [6.45, 7) is 9.47. The summed E-state index contributed by atoms with van der Waals surface area (Å²) in [5.74, 6) is 0.591. The molecule has 0 atom stereocenters. The van der Waals surface area contributed by atoms with E-state index in [9.17, 15) is 4.79 Å². The maximum atomic E-state index is 12.0. The van der Waals surface area contributed by atoms with Gasteiger partial charge in [0.1, 0.15) is 5.75 Å². The Hall–Kier alpha value is -1.26. The highest BCUT2D eigenvalue weighted by atomic mass is 35.5. The number of rotatable bonds is 7. The lowest BCUT2D eigenvalue weighted by Crippen LogP contribution is -2.37. The van der Waals surface area contributed by atoms with Gasteiger partial charge in [0.15, 0.2) is 0 Å². The summed E-state index contributed by atoms with van der Waals surface area (Å²) < 4.78 is 5.61. The SMILES string of the molecule is CCCOc1ccc(Cl)cc1NC(=O)CCNC(C)(C)C. The molecule has 0 aliphatic rings. The molecule has 1 aromatic carbocycles. The van der Waals surface area contributed by atoms with Gasteiger partial charge in [0, 0.05) is 23.5 Å². The van der Waals surface area contributed by atoms with Crippen molar-refractivity contribution in [3.63, 3.8) is 0 Å². The number of hydrogen-bond donors (Lipinski definition) is 2. The average molecular weight is 313 g/mol. The number of amides is 1. The van der Waals surface area contributed by atoms with Crippen LogP contribution in [0.15, 0.2) is 18.2 Å². The molecule has 118 valence electrons. The van der Waals surface area contributed by atoms with Crippen molar-refractivity contribution >= 4 is 23.2 Å². The number of halogens is 1. The highest BCUT2D eigenvalue weighted by Crippen LogP contribution is 2.28. The lowest BCUT2D eigenvalue weighted by atomic mass is 10.1. The fraction of sp³-hybridized carbons (Fsp3) is 0.562. The first-order valence-electron chi connectivity index (χ1n) is 7.29. The zero-order valence-corrected chi connectivity index (χ0v) is 14.0. The highest BCUT2D eigenvalue weighted by molar-refractivity contribution is 6.31. The van der Waals surface area contributed by atoms with Gasteiger partial charge >= 0.3 is 0 Å². The highest BCUT2D eigenvalue weighted by Gasteiger charge is 2.11. The Balaban J connectivity index is 2.59. The van der Waals surface area contributed by atoms with E-state index in [0.29, 0.717) is 36.0 Å². The second-order valence-electron chi connectivity index (χ2n) is 5.96. The molecule has 4 nitrogen and oxygen atoms in total. The van der Waals surface area contributed by atoms with Gasteiger partial charge in [-0.1, -0.05) is 18.5 Å². The van der Waals surface area contributed by atoms with Gasteiger partial charge in [-0.15, -0.1) is 0 Å². The van der Waals surface area contributed by atoms with Crippen LogP contribution in [0.3, 0.4) is 0 Å². The third-order valence-electron chi connectivity index (χ3n) is 2.68. The fourth-order valence-corrected chi connectivity index (χ4v) is 1.87. The van der Waals surface area contributed by atoms with E-state index in [0.717, 1.165) is 6.42 Å². The Morgan fingerprint density at radius 2 is 2.05 bits per heavy atom. The van der Waals surface area contributed by atoms with Crippen LogP contribution in [-0.4, -0.2) is 24.6 Å². The first-order valence-corrected chi connectivity index (χ1v) is 7.67. The first-order chi connectivity index (χ1) is 9.81. The summed E-state index contributed by atoms with van der Waals surface area (Å²) in [6.07, 6.45) is 1.31. The standard InChI is InChI=1S/C16H25ClN2O2/c1-5-10-21-14-7-6-12(17)11-13(14)19-15(20)8-9-18-16(2,3)4/h6-7,11,18H,5,8-10H2,1-4H3,(H,19,20). The maximum absolute atomic E-state index is 12.0. The number of benzene rings is 1. The summed E-state index contributed by atoms with van der Waals surface area (Å²) in [4.78, 5) is 12.0. The summed E-state index contributed by atoms with van der Waals surface area (Å²) in [5.41, 5.74) is 0.628.